The minimum Gasteiger partial charge on any atom is -0.493 e. The summed E-state index contributed by atoms with van der Waals surface area (Å²) in [6.45, 7) is 5.44. The molecule has 1 atom stereocenters. The van der Waals surface area contributed by atoms with E-state index in [1.165, 1.54) is 32.4 Å². The molecule has 1 heterocycles. The third kappa shape index (κ3) is 4.66. The Balaban J connectivity index is 2.25. The zero-order valence-corrected chi connectivity index (χ0v) is 16.3. The molecule has 0 bridgehead atoms. The van der Waals surface area contributed by atoms with E-state index >= 15 is 0 Å². The van der Waals surface area contributed by atoms with Crippen molar-refractivity contribution in [2.24, 2.45) is 5.92 Å². The molecule has 26 heavy (non-hydrogen) atoms. The number of ether oxygens (including phenoxy) is 3. The van der Waals surface area contributed by atoms with Gasteiger partial charge in [-0.05, 0) is 18.1 Å². The summed E-state index contributed by atoms with van der Waals surface area (Å²) in [7, 11) is -1.01. The van der Waals surface area contributed by atoms with Crippen molar-refractivity contribution in [3.63, 3.8) is 0 Å². The fraction of sp³-hybridized carbons (Fsp3) is 0.588. The van der Waals surface area contributed by atoms with Crippen LogP contribution in [0.5, 0.6) is 11.5 Å². The van der Waals surface area contributed by atoms with Crippen LogP contribution in [0.25, 0.3) is 0 Å². The molecule has 1 saturated heterocycles. The van der Waals surface area contributed by atoms with Crippen LogP contribution in [0.15, 0.2) is 23.1 Å². The van der Waals surface area contributed by atoms with E-state index in [9.17, 15) is 13.2 Å². The molecule has 146 valence electrons. The normalized spacial score (nSPS) is 16.4. The Hall–Kier alpha value is -1.84. The minimum atomic E-state index is -3.91. The largest absolute Gasteiger partial charge is 0.493 e. The molecule has 0 aromatic heterocycles. The lowest BCUT2D eigenvalue weighted by Crippen LogP contribution is -2.53. The molecule has 1 aliphatic heterocycles. The zero-order valence-electron chi connectivity index (χ0n) is 15.5. The van der Waals surface area contributed by atoms with Crippen LogP contribution >= 0.6 is 0 Å². The summed E-state index contributed by atoms with van der Waals surface area (Å²) in [5, 5.41) is 0. The maximum Gasteiger partial charge on any atom is 0.241 e. The number of sulfonamides is 1. The molecule has 2 rings (SSSR count). The SMILES string of the molecule is COc1ccc(S(=O)(=O)N[C@H](C(=O)N2CCOCC2)C(C)C)cc1OC. The highest BCUT2D eigenvalue weighted by Gasteiger charge is 2.32. The number of benzene rings is 1. The second-order valence-corrected chi connectivity index (χ2v) is 8.01. The Kier molecular flexibility index (Phi) is 6.85. The predicted molar refractivity (Wildman–Crippen MR) is 95.9 cm³/mol. The number of carbonyl (C=O) groups is 1. The van der Waals surface area contributed by atoms with Gasteiger partial charge in [0.1, 0.15) is 6.04 Å². The van der Waals surface area contributed by atoms with Crippen molar-refractivity contribution in [1.82, 2.24) is 9.62 Å². The minimum absolute atomic E-state index is 0.00979. The van der Waals surface area contributed by atoms with Crippen molar-refractivity contribution in [3.05, 3.63) is 18.2 Å². The van der Waals surface area contributed by atoms with E-state index < -0.39 is 16.1 Å². The Morgan fingerprint density at radius 3 is 2.31 bits per heavy atom. The van der Waals surface area contributed by atoms with Crippen LogP contribution < -0.4 is 14.2 Å². The number of nitrogens with zero attached hydrogens (tertiary/aromatic N) is 1. The first-order chi connectivity index (χ1) is 12.3. The summed E-state index contributed by atoms with van der Waals surface area (Å²) < 4.78 is 43.7. The molecule has 1 fully saturated rings. The third-order valence-corrected chi connectivity index (χ3v) is 5.64. The Bertz CT molecular complexity index is 729. The average molecular weight is 386 g/mol. The van der Waals surface area contributed by atoms with Gasteiger partial charge in [-0.2, -0.15) is 4.72 Å². The van der Waals surface area contributed by atoms with Gasteiger partial charge >= 0.3 is 0 Å². The van der Waals surface area contributed by atoms with Crippen LogP contribution in [-0.2, 0) is 19.6 Å². The monoisotopic (exact) mass is 386 g/mol. The molecule has 1 N–H and O–H groups in total. The molecule has 0 saturated carbocycles. The molecular weight excluding hydrogens is 360 g/mol. The molecular formula is C17H26N2O6S. The quantitative estimate of drug-likeness (QED) is 0.747. The number of hydrogen-bond donors (Lipinski definition) is 1. The van der Waals surface area contributed by atoms with Crippen LogP contribution in [0, 0.1) is 5.92 Å². The van der Waals surface area contributed by atoms with Gasteiger partial charge in [0.25, 0.3) is 0 Å². The van der Waals surface area contributed by atoms with E-state index in [-0.39, 0.29) is 16.7 Å². The Labute approximate surface area is 154 Å². The van der Waals surface area contributed by atoms with Crippen LogP contribution in [0.2, 0.25) is 0 Å². The summed E-state index contributed by atoms with van der Waals surface area (Å²) in [6, 6.07) is 3.45. The number of nitrogens with one attached hydrogen (secondary N) is 1. The second-order valence-electron chi connectivity index (χ2n) is 6.30. The van der Waals surface area contributed by atoms with E-state index in [1.807, 2.05) is 0 Å². The van der Waals surface area contributed by atoms with Gasteiger partial charge in [0.2, 0.25) is 15.9 Å². The Morgan fingerprint density at radius 2 is 1.77 bits per heavy atom. The van der Waals surface area contributed by atoms with Gasteiger partial charge in [-0.1, -0.05) is 13.8 Å². The number of hydrogen-bond acceptors (Lipinski definition) is 6. The van der Waals surface area contributed by atoms with Crippen LogP contribution in [0.3, 0.4) is 0 Å². The number of carbonyl (C=O) groups excluding carboxylic acids is 1. The first-order valence-corrected chi connectivity index (χ1v) is 9.89. The van der Waals surface area contributed by atoms with Crippen LogP contribution in [0.1, 0.15) is 13.8 Å². The zero-order chi connectivity index (χ0) is 19.3. The molecule has 0 radical (unpaired) electrons. The number of rotatable bonds is 7. The van der Waals surface area contributed by atoms with Crippen LogP contribution in [0.4, 0.5) is 0 Å². The molecule has 0 spiro atoms. The lowest BCUT2D eigenvalue weighted by Gasteiger charge is -2.32. The second kappa shape index (κ2) is 8.70. The van der Waals surface area contributed by atoms with Crippen molar-refractivity contribution in [2.45, 2.75) is 24.8 Å². The lowest BCUT2D eigenvalue weighted by molar-refractivity contribution is -0.138. The molecule has 1 aliphatic rings. The van der Waals surface area contributed by atoms with Crippen molar-refractivity contribution >= 4 is 15.9 Å². The van der Waals surface area contributed by atoms with Gasteiger partial charge in [0.15, 0.2) is 11.5 Å². The summed E-state index contributed by atoms with van der Waals surface area (Å²) in [6.07, 6.45) is 0. The highest BCUT2D eigenvalue weighted by Crippen LogP contribution is 2.29. The molecule has 0 unspecified atom stereocenters. The van der Waals surface area contributed by atoms with Crippen molar-refractivity contribution in [1.29, 1.82) is 0 Å². The van der Waals surface area contributed by atoms with Gasteiger partial charge in [-0.25, -0.2) is 8.42 Å². The summed E-state index contributed by atoms with van der Waals surface area (Å²) >= 11 is 0. The lowest BCUT2D eigenvalue weighted by atomic mass is 10.0. The summed E-state index contributed by atoms with van der Waals surface area (Å²) in [5.74, 6) is 0.278. The van der Waals surface area contributed by atoms with E-state index in [0.717, 1.165) is 0 Å². The van der Waals surface area contributed by atoms with Gasteiger partial charge < -0.3 is 19.1 Å². The maximum atomic E-state index is 12.8. The molecule has 0 aliphatic carbocycles. The number of methoxy groups -OCH3 is 2. The fourth-order valence-corrected chi connectivity index (χ4v) is 4.02. The summed E-state index contributed by atoms with van der Waals surface area (Å²) in [5.41, 5.74) is 0. The Morgan fingerprint density at radius 1 is 1.15 bits per heavy atom. The van der Waals surface area contributed by atoms with E-state index in [4.69, 9.17) is 14.2 Å². The van der Waals surface area contributed by atoms with Gasteiger partial charge in [0, 0.05) is 19.2 Å². The molecule has 9 heteroatoms. The predicted octanol–water partition coefficient (Wildman–Crippen LogP) is 0.866. The van der Waals surface area contributed by atoms with Gasteiger partial charge in [-0.3, -0.25) is 4.79 Å². The molecule has 8 nitrogen and oxygen atoms in total. The van der Waals surface area contributed by atoms with Gasteiger partial charge in [0.05, 0.1) is 32.3 Å². The van der Waals surface area contributed by atoms with E-state index in [0.29, 0.717) is 37.8 Å². The molecule has 1 aromatic carbocycles. The highest BCUT2D eigenvalue weighted by atomic mass is 32.2. The first-order valence-electron chi connectivity index (χ1n) is 8.41. The highest BCUT2D eigenvalue weighted by molar-refractivity contribution is 7.89. The standard InChI is InChI=1S/C17H26N2O6S/c1-12(2)16(17(20)19-7-9-25-10-8-19)18-26(21,22)13-5-6-14(23-3)15(11-13)24-4/h5-6,11-12,16,18H,7-10H2,1-4H3/t16-/m0/s1. The number of morpholine rings is 1. The maximum absolute atomic E-state index is 12.8. The molecule has 1 aromatic rings. The van der Waals surface area contributed by atoms with E-state index in [1.54, 1.807) is 18.7 Å². The molecule has 1 amide bonds. The fourth-order valence-electron chi connectivity index (χ4n) is 2.67. The third-order valence-electron chi connectivity index (χ3n) is 4.20. The van der Waals surface area contributed by atoms with Crippen molar-refractivity contribution < 1.29 is 27.4 Å². The van der Waals surface area contributed by atoms with Crippen LogP contribution in [-0.4, -0.2) is 65.8 Å². The van der Waals surface area contributed by atoms with Gasteiger partial charge in [-0.15, -0.1) is 0 Å². The topological polar surface area (TPSA) is 94.2 Å². The summed E-state index contributed by atoms with van der Waals surface area (Å²) in [4.78, 5) is 14.4. The van der Waals surface area contributed by atoms with Crippen molar-refractivity contribution in [3.8, 4) is 11.5 Å². The average Bonchev–Trinajstić information content (AvgIpc) is 2.65. The smallest absolute Gasteiger partial charge is 0.241 e. The number of amides is 1. The van der Waals surface area contributed by atoms with E-state index in [2.05, 4.69) is 4.72 Å². The first kappa shape index (κ1) is 20.5. The van der Waals surface area contributed by atoms with Crippen molar-refractivity contribution in [2.75, 3.05) is 40.5 Å².